The molecule has 0 unspecified atom stereocenters. The zero-order valence-electron chi connectivity index (χ0n) is 11.1. The van der Waals surface area contributed by atoms with Crippen LogP contribution in [0.2, 0.25) is 5.02 Å². The van der Waals surface area contributed by atoms with Gasteiger partial charge in [0, 0.05) is 11.4 Å². The fourth-order valence-electron chi connectivity index (χ4n) is 1.82. The molecule has 0 saturated heterocycles. The van der Waals surface area contributed by atoms with E-state index in [1.54, 1.807) is 18.2 Å². The Hall–Kier alpha value is -2.00. The highest BCUT2D eigenvalue weighted by Gasteiger charge is 2.13. The first-order chi connectivity index (χ1) is 9.70. The first-order valence-electron chi connectivity index (χ1n) is 6.25. The quantitative estimate of drug-likeness (QED) is 0.787. The van der Waals surface area contributed by atoms with Gasteiger partial charge in [0.25, 0.3) is 0 Å². The van der Waals surface area contributed by atoms with Crippen molar-refractivity contribution in [3.8, 4) is 5.75 Å². The summed E-state index contributed by atoms with van der Waals surface area (Å²) in [4.78, 5) is 12.0. The van der Waals surface area contributed by atoms with Gasteiger partial charge in [0.15, 0.2) is 0 Å². The van der Waals surface area contributed by atoms with Crippen molar-refractivity contribution in [3.63, 3.8) is 0 Å². The third-order valence-corrected chi connectivity index (χ3v) is 3.09. The fourth-order valence-corrected chi connectivity index (χ4v) is 1.98. The molecule has 0 aliphatic rings. The monoisotopic (exact) mass is 290 g/mol. The van der Waals surface area contributed by atoms with E-state index in [0.717, 1.165) is 5.56 Å². The van der Waals surface area contributed by atoms with Crippen molar-refractivity contribution in [2.24, 2.45) is 0 Å². The smallest absolute Gasteiger partial charge is 0.341 e. The number of esters is 1. The number of rotatable bonds is 5. The van der Waals surface area contributed by atoms with E-state index in [0.29, 0.717) is 29.4 Å². The second kappa shape index (κ2) is 6.96. The summed E-state index contributed by atoms with van der Waals surface area (Å²) in [6, 6.07) is 14.7. The van der Waals surface area contributed by atoms with Crippen LogP contribution in [0.3, 0.4) is 0 Å². The second-order valence-corrected chi connectivity index (χ2v) is 4.65. The fraction of sp³-hybridized carbons (Fsp3) is 0.188. The lowest BCUT2D eigenvalue weighted by Gasteiger charge is -2.09. The van der Waals surface area contributed by atoms with Crippen LogP contribution < -0.4 is 4.74 Å². The molecule has 0 amide bonds. The molecule has 0 saturated carbocycles. The van der Waals surface area contributed by atoms with Crippen LogP contribution in [0.15, 0.2) is 48.5 Å². The molecule has 0 spiro atoms. The molecule has 0 radical (unpaired) electrons. The first kappa shape index (κ1) is 14.4. The normalized spacial score (nSPS) is 10.1. The third-order valence-electron chi connectivity index (χ3n) is 2.85. The number of methoxy groups -OCH3 is 1. The molecule has 3 nitrogen and oxygen atoms in total. The molecule has 2 aromatic carbocycles. The number of carbonyl (C=O) groups is 1. The minimum atomic E-state index is -0.408. The van der Waals surface area contributed by atoms with Gasteiger partial charge < -0.3 is 9.47 Å². The molecular weight excluding hydrogens is 276 g/mol. The lowest BCUT2D eigenvalue weighted by molar-refractivity contribution is 0.0505. The van der Waals surface area contributed by atoms with E-state index >= 15 is 0 Å². The summed E-state index contributed by atoms with van der Waals surface area (Å²) in [7, 11) is 1.49. The topological polar surface area (TPSA) is 35.5 Å². The predicted molar refractivity (Wildman–Crippen MR) is 78.4 cm³/mol. The van der Waals surface area contributed by atoms with Crippen LogP contribution in [0, 0.1) is 0 Å². The Morgan fingerprint density at radius 2 is 1.90 bits per heavy atom. The minimum Gasteiger partial charge on any atom is -0.496 e. The summed E-state index contributed by atoms with van der Waals surface area (Å²) in [5, 5.41) is 0.516. The molecule has 0 aromatic heterocycles. The van der Waals surface area contributed by atoms with Gasteiger partial charge in [0.1, 0.15) is 11.3 Å². The van der Waals surface area contributed by atoms with Crippen LogP contribution in [0.25, 0.3) is 0 Å². The van der Waals surface area contributed by atoms with Gasteiger partial charge in [-0.25, -0.2) is 4.79 Å². The number of carbonyl (C=O) groups excluding carboxylic acids is 1. The van der Waals surface area contributed by atoms with Crippen LogP contribution in [0.5, 0.6) is 5.75 Å². The Morgan fingerprint density at radius 3 is 2.60 bits per heavy atom. The van der Waals surface area contributed by atoms with Gasteiger partial charge in [-0.2, -0.15) is 0 Å². The van der Waals surface area contributed by atoms with Crippen LogP contribution in [-0.2, 0) is 11.2 Å². The van der Waals surface area contributed by atoms with Gasteiger partial charge in [-0.3, -0.25) is 0 Å². The van der Waals surface area contributed by atoms with Crippen molar-refractivity contribution in [1.82, 2.24) is 0 Å². The summed E-state index contributed by atoms with van der Waals surface area (Å²) in [6.45, 7) is 0.328. The van der Waals surface area contributed by atoms with E-state index in [-0.39, 0.29) is 0 Å². The summed E-state index contributed by atoms with van der Waals surface area (Å²) < 4.78 is 10.4. The molecule has 0 heterocycles. The van der Waals surface area contributed by atoms with E-state index in [1.807, 2.05) is 30.3 Å². The molecule has 0 atom stereocenters. The van der Waals surface area contributed by atoms with E-state index in [4.69, 9.17) is 21.1 Å². The van der Waals surface area contributed by atoms with Crippen LogP contribution in [-0.4, -0.2) is 19.7 Å². The number of halogens is 1. The molecule has 2 aromatic rings. The van der Waals surface area contributed by atoms with Crippen molar-refractivity contribution in [3.05, 3.63) is 64.7 Å². The average molecular weight is 291 g/mol. The van der Waals surface area contributed by atoms with Crippen LogP contribution >= 0.6 is 11.6 Å². The standard InChI is InChI=1S/C16H15ClO3/c1-19-15-11-13(17)7-8-14(15)16(18)20-10-9-12-5-3-2-4-6-12/h2-8,11H,9-10H2,1H3. The highest BCUT2D eigenvalue weighted by Crippen LogP contribution is 2.23. The van der Waals surface area contributed by atoms with Crippen LogP contribution in [0.4, 0.5) is 0 Å². The number of hydrogen-bond donors (Lipinski definition) is 0. The van der Waals surface area contributed by atoms with Crippen LogP contribution in [0.1, 0.15) is 15.9 Å². The summed E-state index contributed by atoms with van der Waals surface area (Å²) in [6.07, 6.45) is 0.683. The molecular formula is C16H15ClO3. The van der Waals surface area contributed by atoms with Gasteiger partial charge in [0.2, 0.25) is 0 Å². The highest BCUT2D eigenvalue weighted by molar-refractivity contribution is 6.30. The number of ether oxygens (including phenoxy) is 2. The number of benzene rings is 2. The van der Waals surface area contributed by atoms with E-state index in [2.05, 4.69) is 0 Å². The molecule has 0 bridgehead atoms. The SMILES string of the molecule is COc1cc(Cl)ccc1C(=O)OCCc1ccccc1. The minimum absolute atomic E-state index is 0.328. The zero-order chi connectivity index (χ0) is 14.4. The largest absolute Gasteiger partial charge is 0.496 e. The Morgan fingerprint density at radius 1 is 1.15 bits per heavy atom. The molecule has 20 heavy (non-hydrogen) atoms. The van der Waals surface area contributed by atoms with Gasteiger partial charge in [0.05, 0.1) is 13.7 Å². The second-order valence-electron chi connectivity index (χ2n) is 4.22. The van der Waals surface area contributed by atoms with Crippen molar-refractivity contribution in [2.75, 3.05) is 13.7 Å². The van der Waals surface area contributed by atoms with E-state index in [9.17, 15) is 4.79 Å². The van der Waals surface area contributed by atoms with Gasteiger partial charge in [-0.05, 0) is 23.8 Å². The summed E-state index contributed by atoms with van der Waals surface area (Å²) >= 11 is 5.85. The Kier molecular flexibility index (Phi) is 5.02. The lowest BCUT2D eigenvalue weighted by atomic mass is 10.2. The Balaban J connectivity index is 1.95. The maximum Gasteiger partial charge on any atom is 0.341 e. The van der Waals surface area contributed by atoms with Crippen molar-refractivity contribution in [1.29, 1.82) is 0 Å². The molecule has 4 heteroatoms. The van der Waals surface area contributed by atoms with Crippen molar-refractivity contribution < 1.29 is 14.3 Å². The lowest BCUT2D eigenvalue weighted by Crippen LogP contribution is -2.09. The molecule has 0 fully saturated rings. The maximum atomic E-state index is 12.0. The first-order valence-corrected chi connectivity index (χ1v) is 6.63. The maximum absolute atomic E-state index is 12.0. The average Bonchev–Trinajstić information content (AvgIpc) is 2.48. The molecule has 104 valence electrons. The Labute approximate surface area is 123 Å². The Bertz CT molecular complexity index is 582. The summed E-state index contributed by atoms with van der Waals surface area (Å²) in [5.74, 6) is 0.0108. The van der Waals surface area contributed by atoms with E-state index < -0.39 is 5.97 Å². The highest BCUT2D eigenvalue weighted by atomic mass is 35.5. The van der Waals surface area contributed by atoms with Crippen molar-refractivity contribution in [2.45, 2.75) is 6.42 Å². The van der Waals surface area contributed by atoms with E-state index in [1.165, 1.54) is 7.11 Å². The summed E-state index contributed by atoms with van der Waals surface area (Å²) in [5.41, 5.74) is 1.51. The van der Waals surface area contributed by atoms with Gasteiger partial charge in [-0.15, -0.1) is 0 Å². The van der Waals surface area contributed by atoms with Gasteiger partial charge in [-0.1, -0.05) is 41.9 Å². The third kappa shape index (κ3) is 3.75. The number of hydrogen-bond acceptors (Lipinski definition) is 3. The zero-order valence-corrected chi connectivity index (χ0v) is 11.9. The molecule has 0 N–H and O–H groups in total. The molecule has 0 aliphatic carbocycles. The molecule has 2 rings (SSSR count). The van der Waals surface area contributed by atoms with Crippen molar-refractivity contribution >= 4 is 17.6 Å². The van der Waals surface area contributed by atoms with Gasteiger partial charge >= 0.3 is 5.97 Å². The predicted octanol–water partition coefficient (Wildman–Crippen LogP) is 3.75. The molecule has 0 aliphatic heterocycles.